The maximum Gasteiger partial charge on any atom is 0.231 e. The zero-order valence-corrected chi connectivity index (χ0v) is 21.9. The highest BCUT2D eigenvalue weighted by Gasteiger charge is 2.32. The van der Waals surface area contributed by atoms with Crippen LogP contribution in [-0.4, -0.2) is 88.0 Å². The fraction of sp³-hybridized carbons (Fsp3) is 0.448. The molecule has 204 valence electrons. The number of piperidine rings is 1. The molecule has 2 N–H and O–H groups in total. The average molecular weight is 531 g/mol. The number of fused-ring (bicyclic) bond motifs is 1. The molecule has 0 aliphatic carbocycles. The Morgan fingerprint density at radius 1 is 0.923 bits per heavy atom. The monoisotopic (exact) mass is 530 g/mol. The van der Waals surface area contributed by atoms with E-state index in [0.29, 0.717) is 75.6 Å². The van der Waals surface area contributed by atoms with Crippen LogP contribution >= 0.6 is 0 Å². The molecule has 0 spiro atoms. The van der Waals surface area contributed by atoms with E-state index in [4.69, 9.17) is 19.7 Å². The van der Waals surface area contributed by atoms with Crippen LogP contribution < -0.4 is 9.80 Å². The van der Waals surface area contributed by atoms with Gasteiger partial charge in [0.1, 0.15) is 5.75 Å². The van der Waals surface area contributed by atoms with Crippen molar-refractivity contribution in [3.05, 3.63) is 59.7 Å². The van der Waals surface area contributed by atoms with Crippen LogP contribution in [0.1, 0.15) is 24.0 Å². The summed E-state index contributed by atoms with van der Waals surface area (Å²) in [7, 11) is 0. The number of hydrogen-bond acceptors (Lipinski definition) is 9. The lowest BCUT2D eigenvalue weighted by Crippen LogP contribution is -2.47. The quantitative estimate of drug-likeness (QED) is 0.512. The topological polar surface area (TPSA) is 115 Å². The number of morpholine rings is 1. The number of nitrogens with zero attached hydrogens (tertiary/aromatic N) is 6. The number of benzene rings is 2. The van der Waals surface area contributed by atoms with E-state index in [1.165, 1.54) is 11.1 Å². The Labute approximate surface area is 227 Å². The number of aliphatic hydroxyl groups excluding tert-OH is 1. The van der Waals surface area contributed by atoms with Crippen LogP contribution in [0.5, 0.6) is 5.75 Å². The average Bonchev–Trinajstić information content (AvgIpc) is 3.00. The Morgan fingerprint density at radius 3 is 2.41 bits per heavy atom. The van der Waals surface area contributed by atoms with E-state index in [1.807, 2.05) is 23.1 Å². The molecule has 3 aliphatic rings. The molecule has 3 aliphatic heterocycles. The molecule has 0 radical (unpaired) electrons. The lowest BCUT2D eigenvalue weighted by Gasteiger charge is -2.37. The predicted octanol–water partition coefficient (Wildman–Crippen LogP) is 2.24. The molecule has 1 aromatic heterocycles. The summed E-state index contributed by atoms with van der Waals surface area (Å²) in [4.78, 5) is 33.7. The van der Waals surface area contributed by atoms with Crippen molar-refractivity contribution in [2.24, 2.45) is 5.92 Å². The van der Waals surface area contributed by atoms with Crippen molar-refractivity contribution in [3.63, 3.8) is 0 Å². The van der Waals surface area contributed by atoms with E-state index in [-0.39, 0.29) is 30.2 Å². The highest BCUT2D eigenvalue weighted by molar-refractivity contribution is 5.79. The van der Waals surface area contributed by atoms with Gasteiger partial charge >= 0.3 is 0 Å². The highest BCUT2D eigenvalue weighted by atomic mass is 16.5. The molecule has 4 heterocycles. The maximum absolute atomic E-state index is 13.1. The minimum atomic E-state index is -0.163. The van der Waals surface area contributed by atoms with Crippen molar-refractivity contribution < 1.29 is 19.7 Å². The third-order valence-electron chi connectivity index (χ3n) is 7.99. The Kier molecular flexibility index (Phi) is 7.30. The number of phenols is 1. The molecule has 1 atom stereocenters. The standard InChI is InChI=1S/C29H34N6O4/c36-19-24-16-21-4-1-2-5-23(21)18-35(24)29-31-26(22-6-3-7-25(37)17-22)30-28(32-29)34-10-8-20(9-11-34)27(38)33-12-14-39-15-13-33/h1-7,17,20,24,36-37H,8-16,18-19H2/t24-/m1/s1. The van der Waals surface area contributed by atoms with Crippen LogP contribution in [-0.2, 0) is 22.5 Å². The second kappa shape index (κ2) is 11.2. The Hall–Kier alpha value is -3.76. The van der Waals surface area contributed by atoms with E-state index >= 15 is 0 Å². The molecule has 2 fully saturated rings. The van der Waals surface area contributed by atoms with Crippen LogP contribution in [0, 0.1) is 5.92 Å². The smallest absolute Gasteiger partial charge is 0.231 e. The molecular weight excluding hydrogens is 496 g/mol. The van der Waals surface area contributed by atoms with Gasteiger partial charge in [-0.25, -0.2) is 0 Å². The van der Waals surface area contributed by atoms with E-state index in [1.54, 1.807) is 18.2 Å². The van der Waals surface area contributed by atoms with Gasteiger partial charge in [0.2, 0.25) is 17.8 Å². The minimum absolute atomic E-state index is 0.0106. The number of aromatic hydroxyl groups is 1. The first-order valence-corrected chi connectivity index (χ1v) is 13.7. The van der Waals surface area contributed by atoms with Crippen molar-refractivity contribution in [2.45, 2.75) is 31.8 Å². The molecule has 2 aromatic carbocycles. The lowest BCUT2D eigenvalue weighted by molar-refractivity contribution is -0.140. The number of aromatic nitrogens is 3. The summed E-state index contributed by atoms with van der Waals surface area (Å²) < 4.78 is 5.40. The molecule has 10 nitrogen and oxygen atoms in total. The van der Waals surface area contributed by atoms with Crippen molar-refractivity contribution in [1.82, 2.24) is 19.9 Å². The van der Waals surface area contributed by atoms with Gasteiger partial charge in [-0.3, -0.25) is 4.79 Å². The lowest BCUT2D eigenvalue weighted by atomic mass is 9.94. The number of phenolic OH excluding ortho intramolecular Hbond substituents is 1. The van der Waals surface area contributed by atoms with Gasteiger partial charge < -0.3 is 29.6 Å². The van der Waals surface area contributed by atoms with E-state index in [0.717, 1.165) is 12.8 Å². The number of carbonyl (C=O) groups is 1. The third kappa shape index (κ3) is 5.39. The van der Waals surface area contributed by atoms with Crippen LogP contribution in [0.15, 0.2) is 48.5 Å². The summed E-state index contributed by atoms with van der Waals surface area (Å²) >= 11 is 0. The van der Waals surface area contributed by atoms with Gasteiger partial charge in [0.05, 0.1) is 25.9 Å². The van der Waals surface area contributed by atoms with E-state index in [2.05, 4.69) is 21.9 Å². The van der Waals surface area contributed by atoms with Gasteiger partial charge in [0.15, 0.2) is 5.82 Å². The first-order valence-electron chi connectivity index (χ1n) is 13.7. The van der Waals surface area contributed by atoms with Gasteiger partial charge in [0.25, 0.3) is 0 Å². The molecule has 3 aromatic rings. The Bertz CT molecular complexity index is 1320. The van der Waals surface area contributed by atoms with Gasteiger partial charge in [0, 0.05) is 44.2 Å². The molecule has 0 saturated carbocycles. The predicted molar refractivity (Wildman–Crippen MR) is 146 cm³/mol. The zero-order valence-electron chi connectivity index (χ0n) is 21.9. The summed E-state index contributed by atoms with van der Waals surface area (Å²) in [6, 6.07) is 15.0. The number of aliphatic hydroxyl groups is 1. The van der Waals surface area contributed by atoms with E-state index in [9.17, 15) is 15.0 Å². The Balaban J connectivity index is 1.29. The number of carbonyl (C=O) groups excluding carboxylic acids is 1. The number of amides is 1. The molecule has 6 rings (SSSR count). The fourth-order valence-corrected chi connectivity index (χ4v) is 5.75. The first-order chi connectivity index (χ1) is 19.1. The first kappa shape index (κ1) is 25.5. The molecule has 0 unspecified atom stereocenters. The fourth-order valence-electron chi connectivity index (χ4n) is 5.75. The van der Waals surface area contributed by atoms with Gasteiger partial charge in [-0.05, 0) is 42.5 Å². The number of hydrogen-bond donors (Lipinski definition) is 2. The normalized spacial score (nSPS) is 20.1. The van der Waals surface area contributed by atoms with Crippen molar-refractivity contribution in [1.29, 1.82) is 0 Å². The van der Waals surface area contributed by atoms with Crippen LogP contribution in [0.2, 0.25) is 0 Å². The number of rotatable bonds is 5. The van der Waals surface area contributed by atoms with Crippen LogP contribution in [0.3, 0.4) is 0 Å². The maximum atomic E-state index is 13.1. The molecule has 1 amide bonds. The summed E-state index contributed by atoms with van der Waals surface area (Å²) in [6.45, 7) is 4.41. The summed E-state index contributed by atoms with van der Waals surface area (Å²) in [5.74, 6) is 1.85. The van der Waals surface area contributed by atoms with Crippen molar-refractivity contribution in [2.75, 3.05) is 55.8 Å². The van der Waals surface area contributed by atoms with Gasteiger partial charge in [-0.2, -0.15) is 15.0 Å². The van der Waals surface area contributed by atoms with Crippen molar-refractivity contribution >= 4 is 17.8 Å². The zero-order chi connectivity index (χ0) is 26.8. The molecule has 10 heteroatoms. The summed E-state index contributed by atoms with van der Waals surface area (Å²) in [6.07, 6.45) is 2.16. The Morgan fingerprint density at radius 2 is 1.67 bits per heavy atom. The van der Waals surface area contributed by atoms with Crippen molar-refractivity contribution in [3.8, 4) is 17.1 Å². The second-order valence-corrected chi connectivity index (χ2v) is 10.4. The largest absolute Gasteiger partial charge is 0.508 e. The SMILES string of the molecule is O=C(C1CCN(c2nc(-c3cccc(O)c3)nc(N3Cc4ccccc4C[C@@H]3CO)n2)CC1)N1CCOCC1. The van der Waals surface area contributed by atoms with Crippen LogP contribution in [0.4, 0.5) is 11.9 Å². The van der Waals surface area contributed by atoms with Gasteiger partial charge in [-0.1, -0.05) is 36.4 Å². The van der Waals surface area contributed by atoms with Gasteiger partial charge in [-0.15, -0.1) is 0 Å². The molecular formula is C29H34N6O4. The third-order valence-corrected chi connectivity index (χ3v) is 7.99. The number of anilines is 2. The number of ether oxygens (including phenoxy) is 1. The molecule has 0 bridgehead atoms. The highest BCUT2D eigenvalue weighted by Crippen LogP contribution is 2.31. The molecule has 2 saturated heterocycles. The van der Waals surface area contributed by atoms with Crippen LogP contribution in [0.25, 0.3) is 11.4 Å². The van der Waals surface area contributed by atoms with E-state index < -0.39 is 0 Å². The summed E-state index contributed by atoms with van der Waals surface area (Å²) in [5, 5.41) is 20.4. The second-order valence-electron chi connectivity index (χ2n) is 10.4. The summed E-state index contributed by atoms with van der Waals surface area (Å²) in [5.41, 5.74) is 3.10. The molecule has 39 heavy (non-hydrogen) atoms. The minimum Gasteiger partial charge on any atom is -0.508 e.